The first kappa shape index (κ1) is 18.0. The zero-order valence-corrected chi connectivity index (χ0v) is 13.6. The van der Waals surface area contributed by atoms with Crippen LogP contribution in [0.5, 0.6) is 0 Å². The van der Waals surface area contributed by atoms with Gasteiger partial charge in [0.2, 0.25) is 20.0 Å². The average molecular weight is 356 g/mol. The summed E-state index contributed by atoms with van der Waals surface area (Å²) in [6.45, 7) is -0.157. The maximum Gasteiger partial charge on any atom is 0.238 e. The molecule has 1 aromatic rings. The largest absolute Gasteiger partial charge is 0.238 e. The third kappa shape index (κ3) is 7.00. The van der Waals surface area contributed by atoms with E-state index in [2.05, 4.69) is 4.72 Å². The highest BCUT2D eigenvalue weighted by Gasteiger charge is 2.15. The summed E-state index contributed by atoms with van der Waals surface area (Å²) in [5, 5.41) is 4.97. The molecular weight excluding hydrogens is 340 g/mol. The summed E-state index contributed by atoms with van der Waals surface area (Å²) in [5.41, 5.74) is 0.393. The van der Waals surface area contributed by atoms with Crippen LogP contribution in [0.2, 0.25) is 0 Å². The topological polar surface area (TPSA) is 140 Å². The first-order chi connectivity index (χ1) is 9.39. The molecule has 0 bridgehead atoms. The zero-order chi connectivity index (χ0) is 16.3. The van der Waals surface area contributed by atoms with Gasteiger partial charge in [-0.25, -0.2) is 35.1 Å². The number of sulfonamides is 2. The average Bonchev–Trinajstić information content (AvgIpc) is 2.33. The van der Waals surface area contributed by atoms with E-state index >= 15 is 0 Å². The molecule has 0 saturated carbocycles. The molecule has 120 valence electrons. The molecule has 0 fully saturated rings. The van der Waals surface area contributed by atoms with E-state index < -0.39 is 41.4 Å². The fourth-order valence-electron chi connectivity index (χ4n) is 1.36. The summed E-state index contributed by atoms with van der Waals surface area (Å²) in [5.74, 6) is -1.04. The third-order valence-corrected chi connectivity index (χ3v) is 5.89. The number of sulfone groups is 1. The molecule has 0 aliphatic carbocycles. The molecule has 0 amide bonds. The van der Waals surface area contributed by atoms with E-state index in [1.807, 2.05) is 0 Å². The second-order valence-electron chi connectivity index (χ2n) is 4.46. The molecule has 21 heavy (non-hydrogen) atoms. The lowest BCUT2D eigenvalue weighted by molar-refractivity contribution is 0.578. The quantitative estimate of drug-likeness (QED) is 0.628. The minimum Gasteiger partial charge on any atom is -0.229 e. The Kier molecular flexibility index (Phi) is 5.50. The van der Waals surface area contributed by atoms with E-state index in [0.717, 1.165) is 6.26 Å². The van der Waals surface area contributed by atoms with Gasteiger partial charge in [0.25, 0.3) is 0 Å². The summed E-state index contributed by atoms with van der Waals surface area (Å²) in [4.78, 5) is -0.129. The summed E-state index contributed by atoms with van der Waals surface area (Å²) < 4.78 is 69.6. The van der Waals surface area contributed by atoms with Crippen LogP contribution in [0.25, 0.3) is 0 Å². The summed E-state index contributed by atoms with van der Waals surface area (Å²) >= 11 is 0. The van der Waals surface area contributed by atoms with Crippen molar-refractivity contribution in [3.8, 4) is 0 Å². The van der Waals surface area contributed by atoms with Crippen molar-refractivity contribution in [2.75, 3.05) is 17.8 Å². The van der Waals surface area contributed by atoms with Crippen molar-refractivity contribution >= 4 is 29.9 Å². The molecule has 11 heteroatoms. The van der Waals surface area contributed by atoms with Crippen molar-refractivity contribution in [1.82, 2.24) is 4.72 Å². The molecule has 0 spiro atoms. The smallest absolute Gasteiger partial charge is 0.229 e. The Morgan fingerprint density at radius 2 is 1.67 bits per heavy atom. The Balaban J connectivity index is 2.76. The molecule has 8 nitrogen and oxygen atoms in total. The summed E-state index contributed by atoms with van der Waals surface area (Å²) in [7, 11) is -11.0. The Morgan fingerprint density at radius 1 is 1.05 bits per heavy atom. The van der Waals surface area contributed by atoms with E-state index in [4.69, 9.17) is 5.14 Å². The van der Waals surface area contributed by atoms with E-state index in [9.17, 15) is 25.3 Å². The normalized spacial score (nSPS) is 13.2. The van der Waals surface area contributed by atoms with Crippen LogP contribution in [0.15, 0.2) is 29.2 Å². The summed E-state index contributed by atoms with van der Waals surface area (Å²) in [6.07, 6.45) is 0.943. The van der Waals surface area contributed by atoms with Crippen LogP contribution >= 0.6 is 0 Å². The van der Waals surface area contributed by atoms with Gasteiger partial charge in [0.15, 0.2) is 0 Å². The van der Waals surface area contributed by atoms with Crippen molar-refractivity contribution in [3.63, 3.8) is 0 Å². The van der Waals surface area contributed by atoms with Gasteiger partial charge in [-0.1, -0.05) is 12.1 Å². The van der Waals surface area contributed by atoms with Gasteiger partial charge < -0.3 is 0 Å². The van der Waals surface area contributed by atoms with Crippen molar-refractivity contribution in [1.29, 1.82) is 0 Å². The predicted octanol–water partition coefficient (Wildman–Crippen LogP) is -1.20. The zero-order valence-electron chi connectivity index (χ0n) is 11.2. The third-order valence-electron chi connectivity index (χ3n) is 2.45. The molecule has 0 aliphatic heterocycles. The molecule has 3 N–H and O–H groups in total. The predicted molar refractivity (Wildman–Crippen MR) is 78.2 cm³/mol. The van der Waals surface area contributed by atoms with Gasteiger partial charge >= 0.3 is 0 Å². The van der Waals surface area contributed by atoms with Gasteiger partial charge in [0.1, 0.15) is 9.84 Å². The maximum absolute atomic E-state index is 11.6. The first-order valence-corrected chi connectivity index (χ1v) is 10.9. The van der Waals surface area contributed by atoms with Crippen LogP contribution in [0.1, 0.15) is 5.56 Å². The highest BCUT2D eigenvalue weighted by atomic mass is 32.2. The van der Waals surface area contributed by atoms with Gasteiger partial charge in [-0.2, -0.15) is 0 Å². The monoisotopic (exact) mass is 356 g/mol. The molecule has 0 radical (unpaired) electrons. The van der Waals surface area contributed by atoms with Gasteiger partial charge in [-0.15, -0.1) is 0 Å². The van der Waals surface area contributed by atoms with Gasteiger partial charge in [-0.3, -0.25) is 0 Å². The first-order valence-electron chi connectivity index (χ1n) is 5.66. The molecule has 0 aliphatic rings. The van der Waals surface area contributed by atoms with Gasteiger partial charge in [0, 0.05) is 12.8 Å². The number of rotatable bonds is 7. The number of nitrogens with one attached hydrogen (secondary N) is 1. The lowest BCUT2D eigenvalue weighted by Crippen LogP contribution is -2.29. The van der Waals surface area contributed by atoms with Gasteiger partial charge in [0.05, 0.1) is 16.4 Å². The van der Waals surface area contributed by atoms with Crippen LogP contribution in [-0.4, -0.2) is 43.0 Å². The number of benzene rings is 1. The lowest BCUT2D eigenvalue weighted by atomic mass is 10.2. The van der Waals surface area contributed by atoms with E-state index in [0.29, 0.717) is 5.56 Å². The van der Waals surface area contributed by atoms with Crippen LogP contribution in [0.3, 0.4) is 0 Å². The fourth-order valence-corrected chi connectivity index (χ4v) is 4.56. The lowest BCUT2D eigenvalue weighted by Gasteiger charge is -2.07. The number of primary sulfonamides is 1. The van der Waals surface area contributed by atoms with Crippen LogP contribution < -0.4 is 9.86 Å². The van der Waals surface area contributed by atoms with Crippen molar-refractivity contribution < 1.29 is 25.3 Å². The van der Waals surface area contributed by atoms with Crippen molar-refractivity contribution in [2.24, 2.45) is 5.14 Å². The molecule has 0 heterocycles. The van der Waals surface area contributed by atoms with Crippen LogP contribution in [-0.2, 0) is 36.4 Å². The number of nitrogens with two attached hydrogens (primary N) is 1. The van der Waals surface area contributed by atoms with E-state index in [-0.39, 0.29) is 11.4 Å². The molecule has 0 aromatic heterocycles. The Hall–Kier alpha value is -1.01. The minimum atomic E-state index is -3.87. The molecule has 1 aromatic carbocycles. The fraction of sp³-hybridized carbons (Fsp3) is 0.400. The molecule has 0 saturated heterocycles. The van der Waals surface area contributed by atoms with Crippen molar-refractivity contribution in [3.05, 3.63) is 29.8 Å². The molecule has 0 atom stereocenters. The molecular formula is C10H16N2O6S3. The second-order valence-corrected chi connectivity index (χ2v) is 10.2. The highest BCUT2D eigenvalue weighted by Crippen LogP contribution is 2.09. The molecule has 1 rings (SSSR count). The maximum atomic E-state index is 11.6. The Bertz CT molecular complexity index is 812. The summed E-state index contributed by atoms with van der Waals surface area (Å²) in [6, 6.07) is 5.49. The molecule has 0 unspecified atom stereocenters. The van der Waals surface area contributed by atoms with E-state index in [1.54, 1.807) is 0 Å². The number of hydrogen-bond donors (Lipinski definition) is 2. The number of hydrogen-bond acceptors (Lipinski definition) is 6. The second kappa shape index (κ2) is 6.40. The standard InChI is InChI=1S/C10H16N2O6S3/c1-19(13,14)5-6-20(15,16)12-8-9-3-2-4-10(7-9)21(11,17)18/h2-4,7,12H,5-6,8H2,1H3,(H2,11,17,18). The van der Waals surface area contributed by atoms with Crippen LogP contribution in [0, 0.1) is 0 Å². The SMILES string of the molecule is CS(=O)(=O)CCS(=O)(=O)NCc1cccc(S(N)(=O)=O)c1. The van der Waals surface area contributed by atoms with Crippen LogP contribution in [0.4, 0.5) is 0 Å². The highest BCUT2D eigenvalue weighted by molar-refractivity contribution is 7.93. The van der Waals surface area contributed by atoms with E-state index in [1.165, 1.54) is 24.3 Å². The minimum absolute atomic E-state index is 0.129. The van der Waals surface area contributed by atoms with Crippen molar-refractivity contribution in [2.45, 2.75) is 11.4 Å². The van der Waals surface area contributed by atoms with Gasteiger partial charge in [-0.05, 0) is 17.7 Å². The Morgan fingerprint density at radius 3 is 2.19 bits per heavy atom. The Labute approximate surface area is 124 Å².